The Hall–Kier alpha value is -0.370. The second kappa shape index (κ2) is 53.9. The maximum atomic E-state index is 10.0. The Morgan fingerprint density at radius 1 is 0.929 bits per heavy atom. The highest BCUT2D eigenvalue weighted by Crippen LogP contribution is 1.72. The number of rotatable bonds is 1. The second-order valence-corrected chi connectivity index (χ2v) is 1.40. The maximum Gasteiger partial charge on any atom is 0.146 e. The fraction of sp³-hybridized carbons (Fsp3) is 0.917. The van der Waals surface area contributed by atoms with Crippen LogP contribution in [0.3, 0.4) is 0 Å². The zero-order valence-corrected chi connectivity index (χ0v) is 12.1. The monoisotopic (exact) mass is 209 g/mol. The molecule has 0 aliphatic rings. The molecule has 2 N–H and O–H groups in total. The molecule has 0 unspecified atom stereocenters. The molecule has 1 atom stereocenters. The molecule has 0 aromatic rings. The first-order chi connectivity index (χ1) is 6.64. The van der Waals surface area contributed by atoms with Gasteiger partial charge in [-0.25, -0.2) is 0 Å². The average Bonchev–Trinajstić information content (AvgIpc) is 2.29. The van der Waals surface area contributed by atoms with E-state index in [9.17, 15) is 4.79 Å². The van der Waals surface area contributed by atoms with E-state index in [1.165, 1.54) is 6.92 Å². The van der Waals surface area contributed by atoms with Crippen LogP contribution in [0.1, 0.15) is 70.7 Å². The molecule has 94 valence electrons. The van der Waals surface area contributed by atoms with E-state index in [1.54, 1.807) is 6.92 Å². The Labute approximate surface area is 93.8 Å². The Morgan fingerprint density at radius 2 is 1.00 bits per heavy atom. The van der Waals surface area contributed by atoms with Crippen molar-refractivity contribution in [3.05, 3.63) is 0 Å². The minimum Gasteiger partial charge on any atom is -0.322 e. The van der Waals surface area contributed by atoms with Crippen LogP contribution < -0.4 is 5.73 Å². The lowest BCUT2D eigenvalue weighted by atomic mass is 10.3. The quantitative estimate of drug-likeness (QED) is 0.700. The minimum atomic E-state index is -0.287. The van der Waals surface area contributed by atoms with E-state index in [1.807, 2.05) is 55.4 Å². The van der Waals surface area contributed by atoms with Crippen molar-refractivity contribution in [2.24, 2.45) is 5.73 Å². The van der Waals surface area contributed by atoms with Gasteiger partial charge in [0.15, 0.2) is 0 Å². The predicted octanol–water partition coefficient (Wildman–Crippen LogP) is 4.27. The maximum absolute atomic E-state index is 10.0. The summed E-state index contributed by atoms with van der Waals surface area (Å²) in [4.78, 5) is 10.0. The fourth-order valence-electron chi connectivity index (χ4n) is 0. The number of hydrogen-bond donors (Lipinski definition) is 1. The van der Waals surface area contributed by atoms with Crippen LogP contribution in [0.4, 0.5) is 0 Å². The summed E-state index contributed by atoms with van der Waals surface area (Å²) < 4.78 is 0. The first-order valence-electron chi connectivity index (χ1n) is 5.90. The Bertz CT molecular complexity index is 66.6. The van der Waals surface area contributed by atoms with Gasteiger partial charge in [0.2, 0.25) is 0 Å². The van der Waals surface area contributed by atoms with E-state index in [4.69, 9.17) is 5.73 Å². The number of carbonyl (C=O) groups is 1. The van der Waals surface area contributed by atoms with Gasteiger partial charge < -0.3 is 5.73 Å². The summed E-state index contributed by atoms with van der Waals surface area (Å²) >= 11 is 0. The highest BCUT2D eigenvalue weighted by molar-refractivity contribution is 5.80. The third kappa shape index (κ3) is 99.7. The molecule has 0 heterocycles. The van der Waals surface area contributed by atoms with E-state index in [-0.39, 0.29) is 13.3 Å². The smallest absolute Gasteiger partial charge is 0.146 e. The van der Waals surface area contributed by atoms with Gasteiger partial charge in [-0.05, 0) is 13.8 Å². The van der Waals surface area contributed by atoms with Crippen LogP contribution in [-0.2, 0) is 4.79 Å². The summed E-state index contributed by atoms with van der Waals surface area (Å²) in [6.45, 7) is 19.1. The van der Waals surface area contributed by atoms with Gasteiger partial charge >= 0.3 is 0 Å². The molecule has 0 fully saturated rings. The Morgan fingerprint density at radius 3 is 1.00 bits per heavy atom. The fourth-order valence-corrected chi connectivity index (χ4v) is 0. The molecule has 0 rings (SSSR count). The van der Waals surface area contributed by atoms with Crippen LogP contribution >= 0.6 is 0 Å². The van der Waals surface area contributed by atoms with E-state index >= 15 is 0 Å². The van der Waals surface area contributed by atoms with Gasteiger partial charge in [-0.2, -0.15) is 0 Å². The van der Waals surface area contributed by atoms with Crippen molar-refractivity contribution in [2.75, 3.05) is 0 Å². The molecule has 0 aromatic carbocycles. The van der Waals surface area contributed by atoms with Crippen molar-refractivity contribution in [3.8, 4) is 0 Å². The van der Waals surface area contributed by atoms with Gasteiger partial charge in [-0.1, -0.05) is 55.4 Å². The SMILES string of the molecule is CC.CC.CC.CC.CC(=O)[C@@H](C)N.[HH]. The summed E-state index contributed by atoms with van der Waals surface area (Å²) in [5.41, 5.74) is 5.09. The van der Waals surface area contributed by atoms with Crippen LogP contribution in [-0.4, -0.2) is 11.8 Å². The van der Waals surface area contributed by atoms with Crippen LogP contribution in [0.25, 0.3) is 0 Å². The molecule has 0 aromatic heterocycles. The molecule has 0 saturated carbocycles. The topological polar surface area (TPSA) is 43.1 Å². The van der Waals surface area contributed by atoms with Crippen LogP contribution in [0.2, 0.25) is 0 Å². The number of Topliss-reactive ketones (excluding diaryl/α,β-unsaturated/α-hetero) is 1. The minimum absolute atomic E-state index is 0. The van der Waals surface area contributed by atoms with Gasteiger partial charge in [-0.15, -0.1) is 0 Å². The van der Waals surface area contributed by atoms with E-state index < -0.39 is 0 Å². The predicted molar refractivity (Wildman–Crippen MR) is 71.8 cm³/mol. The molecule has 0 bridgehead atoms. The first kappa shape index (κ1) is 29.2. The molecule has 0 aliphatic heterocycles. The van der Waals surface area contributed by atoms with Gasteiger partial charge in [-0.3, -0.25) is 4.79 Å². The van der Waals surface area contributed by atoms with Crippen molar-refractivity contribution in [1.82, 2.24) is 0 Å². The molecular formula is C12H35NO. The third-order valence-electron chi connectivity index (χ3n) is 0.641. The van der Waals surface area contributed by atoms with E-state index in [2.05, 4.69) is 0 Å². The largest absolute Gasteiger partial charge is 0.322 e. The standard InChI is InChI=1S/C4H9NO.4C2H6.H2/c1-3(5)4(2)6;4*1-2;/h3H,5H2,1-2H3;4*1-2H3;1H/t3-;;;;;/m1...../s1. The zero-order valence-electron chi connectivity index (χ0n) is 12.1. The molecule has 0 saturated heterocycles. The number of ketones is 1. The molecule has 0 aliphatic carbocycles. The van der Waals surface area contributed by atoms with Gasteiger partial charge in [0.25, 0.3) is 0 Å². The van der Waals surface area contributed by atoms with Gasteiger partial charge in [0, 0.05) is 1.43 Å². The van der Waals surface area contributed by atoms with Crippen molar-refractivity contribution in [1.29, 1.82) is 0 Å². The Kier molecular flexibility index (Phi) is 112. The van der Waals surface area contributed by atoms with Crippen molar-refractivity contribution in [2.45, 2.75) is 75.3 Å². The molecular weight excluding hydrogens is 174 g/mol. The van der Waals surface area contributed by atoms with Crippen LogP contribution in [0.5, 0.6) is 0 Å². The lowest BCUT2D eigenvalue weighted by Gasteiger charge is -1.91. The normalized spacial score (nSPS) is 7.64. The molecule has 2 nitrogen and oxygen atoms in total. The van der Waals surface area contributed by atoms with E-state index in [0.717, 1.165) is 0 Å². The zero-order chi connectivity index (χ0) is 13.2. The first-order valence-corrected chi connectivity index (χ1v) is 5.90. The van der Waals surface area contributed by atoms with Crippen molar-refractivity contribution < 1.29 is 6.22 Å². The number of carbonyl (C=O) groups excluding carboxylic acids is 1. The van der Waals surface area contributed by atoms with Gasteiger partial charge in [0.1, 0.15) is 5.78 Å². The van der Waals surface area contributed by atoms with E-state index in [0.29, 0.717) is 0 Å². The molecule has 0 spiro atoms. The summed E-state index contributed by atoms with van der Waals surface area (Å²) in [6, 6.07) is -0.287. The number of nitrogens with two attached hydrogens (primary N) is 1. The highest BCUT2D eigenvalue weighted by Gasteiger charge is 1.95. The number of hydrogen-bond acceptors (Lipinski definition) is 2. The van der Waals surface area contributed by atoms with Crippen molar-refractivity contribution >= 4 is 5.78 Å². The molecule has 0 amide bonds. The third-order valence-corrected chi connectivity index (χ3v) is 0.641. The summed E-state index contributed by atoms with van der Waals surface area (Å²) in [5.74, 6) is 0.0370. The van der Waals surface area contributed by atoms with Gasteiger partial charge in [0.05, 0.1) is 6.04 Å². The lowest BCUT2D eigenvalue weighted by molar-refractivity contribution is -0.117. The molecule has 2 heteroatoms. The Balaban J connectivity index is -0.0000000194. The van der Waals surface area contributed by atoms with Crippen LogP contribution in [0.15, 0.2) is 0 Å². The van der Waals surface area contributed by atoms with Crippen LogP contribution in [0, 0.1) is 0 Å². The summed E-state index contributed by atoms with van der Waals surface area (Å²) in [7, 11) is 0. The lowest BCUT2D eigenvalue weighted by Crippen LogP contribution is -2.23. The molecule has 14 heavy (non-hydrogen) atoms. The van der Waals surface area contributed by atoms with Crippen molar-refractivity contribution in [3.63, 3.8) is 0 Å². The summed E-state index contributed by atoms with van der Waals surface area (Å²) in [5, 5.41) is 0. The summed E-state index contributed by atoms with van der Waals surface area (Å²) in [6.07, 6.45) is 0. The highest BCUT2D eigenvalue weighted by atomic mass is 16.1. The molecule has 0 radical (unpaired) electrons. The average molecular weight is 209 g/mol. The second-order valence-electron chi connectivity index (χ2n) is 1.40.